The molecule has 6 nitrogen and oxygen atoms in total. The van der Waals surface area contributed by atoms with Gasteiger partial charge >= 0.3 is 5.97 Å². The van der Waals surface area contributed by atoms with E-state index >= 15 is 0 Å². The number of hydrogen-bond donors (Lipinski definition) is 1. The molecule has 1 aromatic heterocycles. The molecule has 20 heavy (non-hydrogen) atoms. The first-order chi connectivity index (χ1) is 9.54. The molecule has 0 fully saturated rings. The molecular weight excluding hydrogens is 300 g/mol. The highest BCUT2D eigenvalue weighted by molar-refractivity contribution is 7.91. The third-order valence-electron chi connectivity index (χ3n) is 3.03. The van der Waals surface area contributed by atoms with Crippen molar-refractivity contribution >= 4 is 27.3 Å². The molecule has 2 rings (SSSR count). The van der Waals surface area contributed by atoms with Crippen molar-refractivity contribution < 1.29 is 17.9 Å². The molecule has 0 unspecified atom stereocenters. The summed E-state index contributed by atoms with van der Waals surface area (Å²) in [5, 5.41) is 0. The van der Waals surface area contributed by atoms with Crippen LogP contribution in [0, 0.1) is 0 Å². The highest BCUT2D eigenvalue weighted by Gasteiger charge is 2.26. The van der Waals surface area contributed by atoms with Crippen molar-refractivity contribution in [1.29, 1.82) is 0 Å². The van der Waals surface area contributed by atoms with Gasteiger partial charge in [-0.25, -0.2) is 22.9 Å². The Kier molecular flexibility index (Phi) is 4.90. The van der Waals surface area contributed by atoms with Crippen LogP contribution < -0.4 is 4.72 Å². The summed E-state index contributed by atoms with van der Waals surface area (Å²) in [6.07, 6.45) is 6.11. The van der Waals surface area contributed by atoms with Gasteiger partial charge in [-0.15, -0.1) is 11.3 Å². The Morgan fingerprint density at radius 2 is 2.35 bits per heavy atom. The summed E-state index contributed by atoms with van der Waals surface area (Å²) in [5.74, 6) is -0.745. The maximum Gasteiger partial charge on any atom is 0.358 e. The van der Waals surface area contributed by atoms with E-state index in [2.05, 4.69) is 20.5 Å². The van der Waals surface area contributed by atoms with Gasteiger partial charge in [-0.3, -0.25) is 0 Å². The lowest BCUT2D eigenvalue weighted by Crippen LogP contribution is -2.26. The Morgan fingerprint density at radius 1 is 1.55 bits per heavy atom. The number of carbonyl (C=O) groups is 1. The van der Waals surface area contributed by atoms with Crippen molar-refractivity contribution in [1.82, 2.24) is 9.71 Å². The summed E-state index contributed by atoms with van der Waals surface area (Å²) < 4.78 is 31.2. The fourth-order valence-corrected chi connectivity index (χ4v) is 4.24. The number of aromatic nitrogens is 1. The third-order valence-corrected chi connectivity index (χ3v) is 5.86. The van der Waals surface area contributed by atoms with Gasteiger partial charge in [0.05, 0.1) is 12.6 Å². The van der Waals surface area contributed by atoms with Gasteiger partial charge in [0.1, 0.15) is 0 Å². The molecule has 1 aliphatic carbocycles. The first kappa shape index (κ1) is 15.1. The summed E-state index contributed by atoms with van der Waals surface area (Å²) in [6, 6.07) is 0. The minimum atomic E-state index is -3.72. The zero-order valence-corrected chi connectivity index (χ0v) is 12.7. The highest BCUT2D eigenvalue weighted by atomic mass is 32.2. The van der Waals surface area contributed by atoms with Gasteiger partial charge < -0.3 is 4.74 Å². The number of esters is 1. The molecule has 0 spiro atoms. The summed E-state index contributed by atoms with van der Waals surface area (Å²) in [4.78, 5) is 15.2. The topological polar surface area (TPSA) is 85.4 Å². The molecular formula is C12H16N2O4S2. The van der Waals surface area contributed by atoms with Crippen LogP contribution in [0.5, 0.6) is 0 Å². The summed E-state index contributed by atoms with van der Waals surface area (Å²) >= 11 is 0.906. The largest absolute Gasteiger partial charge is 0.464 e. The second-order valence-corrected chi connectivity index (χ2v) is 7.20. The quantitative estimate of drug-likeness (QED) is 0.638. The number of hydrogen-bond acceptors (Lipinski definition) is 6. The number of sulfonamides is 1. The average Bonchev–Trinajstić information content (AvgIpc) is 3.08. The van der Waals surface area contributed by atoms with Crippen LogP contribution in [0.3, 0.4) is 0 Å². The molecule has 0 radical (unpaired) electrons. The summed E-state index contributed by atoms with van der Waals surface area (Å²) in [6.45, 7) is 0.326. The molecule has 0 saturated heterocycles. The minimum absolute atomic E-state index is 0.0928. The normalized spacial score (nSPS) is 15.2. The Hall–Kier alpha value is -1.25. The lowest BCUT2D eigenvalue weighted by Gasteiger charge is -2.06. The number of rotatable bonds is 6. The zero-order valence-electron chi connectivity index (χ0n) is 11.1. The number of nitrogens with one attached hydrogen (secondary N) is 1. The first-order valence-corrected chi connectivity index (χ1v) is 8.60. The van der Waals surface area contributed by atoms with Crippen LogP contribution in [-0.2, 0) is 14.8 Å². The molecule has 110 valence electrons. The minimum Gasteiger partial charge on any atom is -0.464 e. The Balaban J connectivity index is 2.03. The lowest BCUT2D eigenvalue weighted by molar-refractivity contribution is 0.0590. The van der Waals surface area contributed by atoms with Crippen LogP contribution in [0.2, 0.25) is 0 Å². The smallest absolute Gasteiger partial charge is 0.358 e. The van der Waals surface area contributed by atoms with Crippen molar-refractivity contribution in [3.05, 3.63) is 22.9 Å². The van der Waals surface area contributed by atoms with Crippen molar-refractivity contribution in [3.63, 3.8) is 0 Å². The molecule has 1 heterocycles. The molecule has 0 amide bonds. The Bertz CT molecular complexity index is 619. The number of ether oxygens (including phenoxy) is 1. The molecule has 0 atom stereocenters. The van der Waals surface area contributed by atoms with Gasteiger partial charge in [-0.05, 0) is 25.7 Å². The van der Waals surface area contributed by atoms with Crippen LogP contribution in [0.15, 0.2) is 21.4 Å². The maximum absolute atomic E-state index is 12.1. The molecule has 1 N–H and O–H groups in total. The van der Waals surface area contributed by atoms with Crippen LogP contribution in [-0.4, -0.2) is 33.0 Å². The van der Waals surface area contributed by atoms with E-state index in [0.29, 0.717) is 13.0 Å². The summed E-state index contributed by atoms with van der Waals surface area (Å²) in [7, 11) is -2.52. The number of carbonyl (C=O) groups excluding carboxylic acids is 1. The van der Waals surface area contributed by atoms with E-state index in [1.807, 2.05) is 0 Å². The Labute approximate surface area is 121 Å². The van der Waals surface area contributed by atoms with Gasteiger partial charge in [0.15, 0.2) is 9.90 Å². The molecule has 8 heteroatoms. The predicted molar refractivity (Wildman–Crippen MR) is 75.2 cm³/mol. The standard InChI is InChI=1S/C12H16N2O4S2/c1-18-11(15)10-12(19-8-13-10)20(16,17)14-7-6-9-4-2-3-5-9/h4,8,14H,2-3,5-7H2,1H3. The summed E-state index contributed by atoms with van der Waals surface area (Å²) in [5.41, 5.74) is 2.44. The van der Waals surface area contributed by atoms with Gasteiger partial charge in [-0.2, -0.15) is 0 Å². The molecule has 0 saturated carbocycles. The van der Waals surface area contributed by atoms with Crippen molar-refractivity contribution in [3.8, 4) is 0 Å². The molecule has 0 bridgehead atoms. The number of methoxy groups -OCH3 is 1. The van der Waals surface area contributed by atoms with Gasteiger partial charge in [0.2, 0.25) is 0 Å². The van der Waals surface area contributed by atoms with Gasteiger partial charge in [0, 0.05) is 6.54 Å². The van der Waals surface area contributed by atoms with Crippen molar-refractivity contribution in [2.45, 2.75) is 29.9 Å². The molecule has 0 aromatic carbocycles. The molecule has 1 aliphatic rings. The monoisotopic (exact) mass is 316 g/mol. The number of thiazole rings is 1. The fraction of sp³-hybridized carbons (Fsp3) is 0.500. The van der Waals surface area contributed by atoms with E-state index in [0.717, 1.165) is 30.6 Å². The number of nitrogens with zero attached hydrogens (tertiary/aromatic N) is 1. The fourth-order valence-electron chi connectivity index (χ4n) is 2.03. The van der Waals surface area contributed by atoms with E-state index < -0.39 is 16.0 Å². The van der Waals surface area contributed by atoms with E-state index in [1.54, 1.807) is 0 Å². The SMILES string of the molecule is COC(=O)c1ncsc1S(=O)(=O)NCCC1=CCCC1. The number of allylic oxidation sites excluding steroid dienone is 1. The third kappa shape index (κ3) is 3.44. The van der Waals surface area contributed by atoms with Crippen molar-refractivity contribution in [2.75, 3.05) is 13.7 Å². The van der Waals surface area contributed by atoms with Crippen molar-refractivity contribution in [2.24, 2.45) is 0 Å². The molecule has 1 aromatic rings. The highest BCUT2D eigenvalue weighted by Crippen LogP contribution is 2.22. The average molecular weight is 316 g/mol. The maximum atomic E-state index is 12.1. The second-order valence-electron chi connectivity index (χ2n) is 4.38. The van der Waals surface area contributed by atoms with E-state index in [-0.39, 0.29) is 9.90 Å². The predicted octanol–water partition coefficient (Wildman–Crippen LogP) is 1.71. The van der Waals surface area contributed by atoms with Crippen LogP contribution in [0.25, 0.3) is 0 Å². The van der Waals surface area contributed by atoms with Crippen LogP contribution >= 0.6 is 11.3 Å². The van der Waals surface area contributed by atoms with Gasteiger partial charge in [0.25, 0.3) is 10.0 Å². The lowest BCUT2D eigenvalue weighted by atomic mass is 10.2. The van der Waals surface area contributed by atoms with Crippen LogP contribution in [0.1, 0.15) is 36.2 Å². The van der Waals surface area contributed by atoms with E-state index in [9.17, 15) is 13.2 Å². The van der Waals surface area contributed by atoms with E-state index in [1.165, 1.54) is 18.2 Å². The second kappa shape index (κ2) is 6.47. The molecule has 0 aliphatic heterocycles. The van der Waals surface area contributed by atoms with E-state index in [4.69, 9.17) is 0 Å². The van der Waals surface area contributed by atoms with Crippen LogP contribution in [0.4, 0.5) is 0 Å². The first-order valence-electron chi connectivity index (χ1n) is 6.24. The zero-order chi connectivity index (χ0) is 14.6. The Morgan fingerprint density at radius 3 is 3.00 bits per heavy atom. The van der Waals surface area contributed by atoms with Gasteiger partial charge in [-0.1, -0.05) is 11.6 Å².